The Hall–Kier alpha value is -2.81. The van der Waals surface area contributed by atoms with Gasteiger partial charge in [0.1, 0.15) is 17.0 Å². The molecule has 0 bridgehead atoms. The molecule has 4 heterocycles. The van der Waals surface area contributed by atoms with Crippen molar-refractivity contribution >= 4 is 39.2 Å². The van der Waals surface area contributed by atoms with Crippen molar-refractivity contribution in [2.24, 2.45) is 0 Å². The summed E-state index contributed by atoms with van der Waals surface area (Å²) in [7, 11) is 1.33. The lowest BCUT2D eigenvalue weighted by Crippen LogP contribution is -2.47. The van der Waals surface area contributed by atoms with E-state index < -0.39 is 5.97 Å². The van der Waals surface area contributed by atoms with Crippen LogP contribution in [-0.2, 0) is 4.74 Å². The van der Waals surface area contributed by atoms with Crippen molar-refractivity contribution in [3.05, 3.63) is 35.1 Å². The molecule has 3 aromatic rings. The lowest BCUT2D eigenvalue weighted by Gasteiger charge is -2.36. The number of esters is 1. The van der Waals surface area contributed by atoms with Crippen LogP contribution in [0.15, 0.2) is 24.5 Å². The summed E-state index contributed by atoms with van der Waals surface area (Å²) in [5, 5.41) is 9.22. The largest absolute Gasteiger partial charge is 0.464 e. The molecule has 0 amide bonds. The van der Waals surface area contributed by atoms with Crippen molar-refractivity contribution < 1.29 is 9.53 Å². The van der Waals surface area contributed by atoms with Gasteiger partial charge in [0.2, 0.25) is 0 Å². The number of fused-ring (bicyclic) bond motifs is 1. The number of rotatable bonds is 3. The van der Waals surface area contributed by atoms with Gasteiger partial charge in [-0.05, 0) is 25.1 Å². The van der Waals surface area contributed by atoms with E-state index in [0.717, 1.165) is 48.0 Å². The Morgan fingerprint density at radius 2 is 1.88 bits per heavy atom. The number of carbonyl (C=O) groups excluding carboxylic acids is 1. The Labute approximate surface area is 154 Å². The molecule has 4 rings (SSSR count). The molecule has 0 aliphatic carbocycles. The Morgan fingerprint density at radius 3 is 2.58 bits per heavy atom. The molecule has 0 unspecified atom stereocenters. The normalized spacial score (nSPS) is 14.7. The molecule has 0 radical (unpaired) electrons. The average Bonchev–Trinajstić information content (AvgIpc) is 3.08. The highest BCUT2D eigenvalue weighted by Gasteiger charge is 2.22. The van der Waals surface area contributed by atoms with Crippen molar-refractivity contribution in [2.45, 2.75) is 6.92 Å². The van der Waals surface area contributed by atoms with Crippen molar-refractivity contribution in [2.75, 3.05) is 43.1 Å². The first-order valence-electron chi connectivity index (χ1n) is 8.29. The van der Waals surface area contributed by atoms with E-state index in [0.29, 0.717) is 0 Å². The molecule has 26 heavy (non-hydrogen) atoms. The van der Waals surface area contributed by atoms with Crippen molar-refractivity contribution in [3.8, 4) is 0 Å². The molecule has 1 saturated heterocycles. The van der Waals surface area contributed by atoms with Gasteiger partial charge in [0.25, 0.3) is 0 Å². The van der Waals surface area contributed by atoms with Crippen LogP contribution in [0.4, 0.5) is 11.6 Å². The SMILES string of the molecule is COC(=O)c1ccc(N2CCN(c3ncnc4sc(C)cc34)CC2)nn1. The van der Waals surface area contributed by atoms with Crippen LogP contribution in [0, 0.1) is 6.92 Å². The molecular weight excluding hydrogens is 352 g/mol. The van der Waals surface area contributed by atoms with Crippen molar-refractivity contribution in [1.29, 1.82) is 0 Å². The Balaban J connectivity index is 1.47. The fourth-order valence-electron chi connectivity index (χ4n) is 3.07. The second kappa shape index (κ2) is 6.83. The molecule has 9 heteroatoms. The molecule has 3 aromatic heterocycles. The Morgan fingerprint density at radius 1 is 1.12 bits per heavy atom. The molecule has 0 saturated carbocycles. The lowest BCUT2D eigenvalue weighted by atomic mass is 10.2. The first-order valence-corrected chi connectivity index (χ1v) is 9.10. The second-order valence-electron chi connectivity index (χ2n) is 6.02. The van der Waals surface area contributed by atoms with Gasteiger partial charge in [-0.15, -0.1) is 21.5 Å². The van der Waals surface area contributed by atoms with E-state index in [1.54, 1.807) is 29.8 Å². The minimum atomic E-state index is -0.479. The smallest absolute Gasteiger partial charge is 0.358 e. The molecule has 0 spiro atoms. The topological polar surface area (TPSA) is 84.3 Å². The highest BCUT2D eigenvalue weighted by Crippen LogP contribution is 2.30. The zero-order valence-electron chi connectivity index (χ0n) is 14.5. The van der Waals surface area contributed by atoms with E-state index in [9.17, 15) is 4.79 Å². The molecule has 0 aromatic carbocycles. The van der Waals surface area contributed by atoms with Gasteiger partial charge in [-0.1, -0.05) is 0 Å². The number of ether oxygens (including phenoxy) is 1. The van der Waals surface area contributed by atoms with Crippen LogP contribution in [-0.4, -0.2) is 59.4 Å². The summed E-state index contributed by atoms with van der Waals surface area (Å²) < 4.78 is 4.65. The van der Waals surface area contributed by atoms with E-state index in [4.69, 9.17) is 0 Å². The lowest BCUT2D eigenvalue weighted by molar-refractivity contribution is 0.0592. The second-order valence-corrected chi connectivity index (χ2v) is 7.25. The highest BCUT2D eigenvalue weighted by molar-refractivity contribution is 7.18. The minimum Gasteiger partial charge on any atom is -0.464 e. The van der Waals surface area contributed by atoms with E-state index >= 15 is 0 Å². The van der Waals surface area contributed by atoms with Crippen LogP contribution >= 0.6 is 11.3 Å². The molecular formula is C17H18N6O2S. The number of hydrogen-bond acceptors (Lipinski definition) is 9. The van der Waals surface area contributed by atoms with Gasteiger partial charge in [0.05, 0.1) is 12.5 Å². The highest BCUT2D eigenvalue weighted by atomic mass is 32.1. The van der Waals surface area contributed by atoms with Crippen LogP contribution < -0.4 is 9.80 Å². The van der Waals surface area contributed by atoms with Gasteiger partial charge in [0.15, 0.2) is 11.5 Å². The third kappa shape index (κ3) is 3.05. The summed E-state index contributed by atoms with van der Waals surface area (Å²) in [5.41, 5.74) is 0.214. The molecule has 134 valence electrons. The minimum absolute atomic E-state index is 0.214. The number of hydrogen-bond donors (Lipinski definition) is 0. The predicted octanol–water partition coefficient (Wildman–Crippen LogP) is 1.90. The number of anilines is 2. The zero-order valence-corrected chi connectivity index (χ0v) is 15.4. The average molecular weight is 370 g/mol. The first-order chi connectivity index (χ1) is 12.7. The molecule has 1 aliphatic heterocycles. The molecule has 0 atom stereocenters. The Kier molecular flexibility index (Phi) is 4.37. The number of carbonyl (C=O) groups is 1. The van der Waals surface area contributed by atoms with E-state index in [1.807, 2.05) is 0 Å². The summed E-state index contributed by atoms with van der Waals surface area (Å²) in [4.78, 5) is 27.0. The van der Waals surface area contributed by atoms with Gasteiger partial charge in [-0.25, -0.2) is 14.8 Å². The fraction of sp³-hybridized carbons (Fsp3) is 0.353. The van der Waals surface area contributed by atoms with Crippen molar-refractivity contribution in [3.63, 3.8) is 0 Å². The molecule has 1 fully saturated rings. The van der Waals surface area contributed by atoms with Gasteiger partial charge in [-0.2, -0.15) is 0 Å². The number of thiophene rings is 1. The summed E-state index contributed by atoms with van der Waals surface area (Å²) >= 11 is 1.69. The fourth-order valence-corrected chi connectivity index (χ4v) is 3.91. The van der Waals surface area contributed by atoms with Gasteiger partial charge < -0.3 is 14.5 Å². The summed E-state index contributed by atoms with van der Waals surface area (Å²) in [5.74, 6) is 1.27. The van der Waals surface area contributed by atoms with Gasteiger partial charge in [-0.3, -0.25) is 0 Å². The molecule has 0 N–H and O–H groups in total. The third-order valence-corrected chi connectivity index (χ3v) is 5.34. The standard InChI is InChI=1S/C17H18N6O2S/c1-11-9-12-15(18-10-19-16(12)26-11)23-7-5-22(6-8-23)14-4-3-13(20-21-14)17(24)25-2/h3-4,9-10H,5-8H2,1-2H3. The zero-order chi connectivity index (χ0) is 18.1. The van der Waals surface area contributed by atoms with Gasteiger partial charge >= 0.3 is 5.97 Å². The summed E-state index contributed by atoms with van der Waals surface area (Å²) in [6.07, 6.45) is 1.64. The van der Waals surface area contributed by atoms with Crippen LogP contribution in [0.3, 0.4) is 0 Å². The van der Waals surface area contributed by atoms with Gasteiger partial charge in [0, 0.05) is 31.1 Å². The van der Waals surface area contributed by atoms with Crippen LogP contribution in [0.1, 0.15) is 15.4 Å². The third-order valence-electron chi connectivity index (χ3n) is 4.38. The quantitative estimate of drug-likeness (QED) is 0.647. The maximum absolute atomic E-state index is 11.5. The monoisotopic (exact) mass is 370 g/mol. The van der Waals surface area contributed by atoms with Crippen LogP contribution in [0.5, 0.6) is 0 Å². The van der Waals surface area contributed by atoms with Crippen molar-refractivity contribution in [1.82, 2.24) is 20.2 Å². The maximum atomic E-state index is 11.5. The summed E-state index contributed by atoms with van der Waals surface area (Å²) in [6, 6.07) is 5.60. The number of aryl methyl sites for hydroxylation is 1. The van der Waals surface area contributed by atoms with E-state index in [-0.39, 0.29) is 5.69 Å². The Bertz CT molecular complexity index is 934. The number of aromatic nitrogens is 4. The maximum Gasteiger partial charge on any atom is 0.358 e. The summed E-state index contributed by atoms with van der Waals surface area (Å²) in [6.45, 7) is 5.37. The first kappa shape index (κ1) is 16.6. The molecule has 1 aliphatic rings. The number of methoxy groups -OCH3 is 1. The predicted molar refractivity (Wildman–Crippen MR) is 99.9 cm³/mol. The van der Waals surface area contributed by atoms with Crippen LogP contribution in [0.25, 0.3) is 10.2 Å². The van der Waals surface area contributed by atoms with Crippen LogP contribution in [0.2, 0.25) is 0 Å². The molecule has 8 nitrogen and oxygen atoms in total. The van der Waals surface area contributed by atoms with E-state index in [2.05, 4.69) is 47.7 Å². The number of piperazine rings is 1. The van der Waals surface area contributed by atoms with E-state index in [1.165, 1.54) is 12.0 Å². The number of nitrogens with zero attached hydrogens (tertiary/aromatic N) is 6.